The van der Waals surface area contributed by atoms with E-state index in [1.54, 1.807) is 0 Å². The van der Waals surface area contributed by atoms with Crippen molar-refractivity contribution in [1.29, 1.82) is 0 Å². The molecule has 3 saturated carbocycles. The highest BCUT2D eigenvalue weighted by molar-refractivity contribution is 5.78. The number of nitrogens with one attached hydrogen (secondary N) is 1. The van der Waals surface area contributed by atoms with Gasteiger partial charge in [-0.25, -0.2) is 4.99 Å². The van der Waals surface area contributed by atoms with Crippen LogP contribution in [-0.4, -0.2) is 42.1 Å². The van der Waals surface area contributed by atoms with Crippen molar-refractivity contribution < 1.29 is 0 Å². The largest absolute Gasteiger partial charge is 0.370 e. The summed E-state index contributed by atoms with van der Waals surface area (Å²) in [4.78, 5) is 7.22. The van der Waals surface area contributed by atoms with Gasteiger partial charge >= 0.3 is 0 Å². The molecule has 2 bridgehead atoms. The van der Waals surface area contributed by atoms with Gasteiger partial charge in [0.15, 0.2) is 5.96 Å². The minimum Gasteiger partial charge on any atom is -0.370 e. The van der Waals surface area contributed by atoms with Crippen LogP contribution in [0.3, 0.4) is 0 Å². The summed E-state index contributed by atoms with van der Waals surface area (Å²) in [6.07, 6.45) is 2.63. The summed E-state index contributed by atoms with van der Waals surface area (Å²) >= 11 is 0. The molecule has 0 aromatic rings. The van der Waals surface area contributed by atoms with Gasteiger partial charge in [-0.15, -0.1) is 0 Å². The van der Waals surface area contributed by atoms with Crippen LogP contribution in [-0.2, 0) is 0 Å². The van der Waals surface area contributed by atoms with Gasteiger partial charge in [0.25, 0.3) is 0 Å². The second-order valence-corrected chi connectivity index (χ2v) is 8.38. The molecule has 4 rings (SSSR count). The Kier molecular flexibility index (Phi) is 3.71. The van der Waals surface area contributed by atoms with E-state index in [1.165, 1.54) is 12.8 Å². The molecular formula is C17H32N4. The van der Waals surface area contributed by atoms with Crippen LogP contribution in [0.1, 0.15) is 47.5 Å². The van der Waals surface area contributed by atoms with Crippen LogP contribution >= 0.6 is 0 Å². The average Bonchev–Trinajstić information content (AvgIpc) is 2.39. The van der Waals surface area contributed by atoms with Crippen molar-refractivity contribution in [3.63, 3.8) is 0 Å². The Bertz CT molecular complexity index is 421. The maximum absolute atomic E-state index is 6.34. The van der Waals surface area contributed by atoms with E-state index in [9.17, 15) is 0 Å². The van der Waals surface area contributed by atoms with Crippen LogP contribution in [0.4, 0.5) is 0 Å². The zero-order chi connectivity index (χ0) is 15.4. The fourth-order valence-corrected chi connectivity index (χ4v) is 5.06. The quantitative estimate of drug-likeness (QED) is 0.574. The fraction of sp³-hybridized carbons (Fsp3) is 0.941. The summed E-state index contributed by atoms with van der Waals surface area (Å²) in [5.74, 6) is 3.12. The van der Waals surface area contributed by atoms with Gasteiger partial charge in [0, 0.05) is 25.2 Å². The summed E-state index contributed by atoms with van der Waals surface area (Å²) in [5.41, 5.74) is 6.87. The Balaban J connectivity index is 1.68. The molecule has 1 aliphatic heterocycles. The van der Waals surface area contributed by atoms with Crippen molar-refractivity contribution in [2.45, 2.75) is 65.6 Å². The number of aliphatic imine (C=N–C) groups is 1. The molecule has 21 heavy (non-hydrogen) atoms. The predicted molar refractivity (Wildman–Crippen MR) is 88.2 cm³/mol. The number of hydrogen-bond acceptors (Lipinski definition) is 2. The number of nitrogens with two attached hydrogens (primary N) is 1. The molecule has 0 aromatic heterocycles. The van der Waals surface area contributed by atoms with Gasteiger partial charge in [-0.2, -0.15) is 0 Å². The van der Waals surface area contributed by atoms with Crippen molar-refractivity contribution in [2.75, 3.05) is 13.1 Å². The van der Waals surface area contributed by atoms with E-state index in [0.29, 0.717) is 29.5 Å². The number of rotatable bonds is 1. The standard InChI is InChI=1S/C17H32N4/c1-10-8-21(9-11(2)19-10)16(18)20-15-7-13-6-14(12(15)3)17(13,4)5/h10-15,19H,6-9H2,1-5H3,(H2,18,20)/t10?,11?,12-,13+,14-,15?/m0/s1. The predicted octanol–water partition coefficient (Wildman–Crippen LogP) is 2.05. The maximum atomic E-state index is 6.34. The van der Waals surface area contributed by atoms with E-state index in [2.05, 4.69) is 44.8 Å². The van der Waals surface area contributed by atoms with Crippen LogP contribution in [0.2, 0.25) is 0 Å². The van der Waals surface area contributed by atoms with Gasteiger partial charge in [-0.05, 0) is 49.9 Å². The lowest BCUT2D eigenvalue weighted by molar-refractivity contribution is -0.108. The molecule has 4 aliphatic rings. The van der Waals surface area contributed by atoms with Crippen LogP contribution < -0.4 is 11.1 Å². The van der Waals surface area contributed by atoms with Crippen molar-refractivity contribution in [1.82, 2.24) is 10.2 Å². The highest BCUT2D eigenvalue weighted by Crippen LogP contribution is 2.61. The second kappa shape index (κ2) is 5.15. The SMILES string of the molecule is CC1CN(/C(N)=N/C2C[C@H]3C[C@@H]([C@@H]2C)C3(C)C)CC(C)N1. The molecule has 0 amide bonds. The van der Waals surface area contributed by atoms with Crippen molar-refractivity contribution in [3.05, 3.63) is 0 Å². The van der Waals surface area contributed by atoms with Crippen LogP contribution in [0, 0.1) is 23.2 Å². The van der Waals surface area contributed by atoms with E-state index >= 15 is 0 Å². The van der Waals surface area contributed by atoms with Gasteiger partial charge in [-0.3, -0.25) is 0 Å². The molecule has 3 N–H and O–H groups in total. The first-order valence-electron chi connectivity index (χ1n) is 8.63. The summed E-state index contributed by atoms with van der Waals surface area (Å²) in [6, 6.07) is 1.40. The molecule has 6 atom stereocenters. The van der Waals surface area contributed by atoms with Crippen molar-refractivity contribution in [2.24, 2.45) is 33.9 Å². The third-order valence-corrected chi connectivity index (χ3v) is 6.49. The van der Waals surface area contributed by atoms with Crippen molar-refractivity contribution in [3.8, 4) is 0 Å². The number of piperazine rings is 1. The lowest BCUT2D eigenvalue weighted by atomic mass is 9.45. The zero-order valence-electron chi connectivity index (χ0n) is 14.3. The van der Waals surface area contributed by atoms with Crippen LogP contribution in [0.25, 0.3) is 0 Å². The number of guanidine groups is 1. The first-order valence-corrected chi connectivity index (χ1v) is 8.63. The van der Waals surface area contributed by atoms with Gasteiger partial charge in [0.2, 0.25) is 0 Å². The molecule has 4 nitrogen and oxygen atoms in total. The zero-order valence-corrected chi connectivity index (χ0v) is 14.3. The Morgan fingerprint density at radius 3 is 2.29 bits per heavy atom. The minimum atomic E-state index is 0.433. The molecule has 3 unspecified atom stereocenters. The summed E-state index contributed by atoms with van der Waals surface area (Å²) in [6.45, 7) is 13.6. The highest BCUT2D eigenvalue weighted by Gasteiger charge is 2.56. The highest BCUT2D eigenvalue weighted by atomic mass is 15.3. The average molecular weight is 292 g/mol. The summed E-state index contributed by atoms with van der Waals surface area (Å²) in [7, 11) is 0. The molecule has 0 aromatic carbocycles. The Morgan fingerprint density at radius 2 is 1.76 bits per heavy atom. The number of nitrogens with zero attached hydrogens (tertiary/aromatic N) is 2. The third kappa shape index (κ3) is 2.56. The first kappa shape index (κ1) is 15.1. The normalized spacial score (nSPS) is 46.1. The lowest BCUT2D eigenvalue weighted by Gasteiger charge is -2.61. The molecule has 4 fully saturated rings. The fourth-order valence-electron chi connectivity index (χ4n) is 5.06. The molecule has 4 heteroatoms. The molecule has 0 radical (unpaired) electrons. The molecule has 3 aliphatic carbocycles. The first-order chi connectivity index (χ1) is 9.79. The van der Waals surface area contributed by atoms with E-state index in [1.807, 2.05) is 0 Å². The number of fused-ring (bicyclic) bond motifs is 2. The molecule has 1 saturated heterocycles. The Morgan fingerprint density at radius 1 is 1.14 bits per heavy atom. The smallest absolute Gasteiger partial charge is 0.191 e. The van der Waals surface area contributed by atoms with Gasteiger partial charge < -0.3 is 16.0 Å². The molecule has 120 valence electrons. The van der Waals surface area contributed by atoms with E-state index in [0.717, 1.165) is 30.9 Å². The van der Waals surface area contributed by atoms with E-state index in [-0.39, 0.29) is 0 Å². The summed E-state index contributed by atoms with van der Waals surface area (Å²) < 4.78 is 0. The molecule has 1 heterocycles. The summed E-state index contributed by atoms with van der Waals surface area (Å²) in [5, 5.41) is 3.55. The topological polar surface area (TPSA) is 53.6 Å². The Hall–Kier alpha value is -0.770. The third-order valence-electron chi connectivity index (χ3n) is 6.49. The molecule has 0 spiro atoms. The van der Waals surface area contributed by atoms with Crippen LogP contribution in [0.5, 0.6) is 0 Å². The Labute approximate surface area is 129 Å². The number of hydrogen-bond donors (Lipinski definition) is 2. The lowest BCUT2D eigenvalue weighted by Crippen LogP contribution is -2.59. The second-order valence-electron chi connectivity index (χ2n) is 8.38. The van der Waals surface area contributed by atoms with Crippen LogP contribution in [0.15, 0.2) is 4.99 Å². The van der Waals surface area contributed by atoms with Gasteiger partial charge in [0.1, 0.15) is 0 Å². The molecular weight excluding hydrogens is 260 g/mol. The minimum absolute atomic E-state index is 0.433. The van der Waals surface area contributed by atoms with E-state index < -0.39 is 0 Å². The maximum Gasteiger partial charge on any atom is 0.191 e. The van der Waals surface area contributed by atoms with Gasteiger partial charge in [-0.1, -0.05) is 20.8 Å². The monoisotopic (exact) mass is 292 g/mol. The van der Waals surface area contributed by atoms with E-state index in [4.69, 9.17) is 10.7 Å². The van der Waals surface area contributed by atoms with Gasteiger partial charge in [0.05, 0.1) is 6.04 Å². The van der Waals surface area contributed by atoms with Crippen molar-refractivity contribution >= 4 is 5.96 Å².